The number of hydrogen-bond acceptors (Lipinski definition) is 11. The number of aromatic nitrogens is 1. The highest BCUT2D eigenvalue weighted by Gasteiger charge is 2.47. The third kappa shape index (κ3) is 9.30. The largest absolute Gasteiger partial charge is 0.502 e. The van der Waals surface area contributed by atoms with Crippen molar-refractivity contribution in [3.8, 4) is 5.75 Å². The van der Waals surface area contributed by atoms with Crippen LogP contribution in [0, 0.1) is 12.8 Å². The van der Waals surface area contributed by atoms with Crippen molar-refractivity contribution in [3.63, 3.8) is 0 Å². The number of carboxylic acid groups (broad SMARTS) is 1. The van der Waals surface area contributed by atoms with Gasteiger partial charge in [-0.25, -0.2) is 9.78 Å². The molecule has 3 aliphatic rings. The number of carbonyl (C=O) groups excluding carboxylic acids is 1. The summed E-state index contributed by atoms with van der Waals surface area (Å²) in [5, 5.41) is 74.4. The first-order valence-electron chi connectivity index (χ1n) is 13.2. The third-order valence-corrected chi connectivity index (χ3v) is 8.94. The molecule has 4 heterocycles. The van der Waals surface area contributed by atoms with Crippen LogP contribution in [0.2, 0.25) is 0 Å². The molecular formula is C25H44N3O11S+3. The molecule has 228 valence electrons. The van der Waals surface area contributed by atoms with Gasteiger partial charge in [0.2, 0.25) is 12.0 Å². The van der Waals surface area contributed by atoms with E-state index in [0.29, 0.717) is 39.9 Å². The summed E-state index contributed by atoms with van der Waals surface area (Å²) in [6.45, 7) is 0.787. The lowest BCUT2D eigenvalue weighted by Gasteiger charge is -2.36. The number of amides is 1. The number of nitrogens with one attached hydrogen (secondary N) is 1. The SMILES string of the molecule is Cc1[nH+]cc(CO)c(CO)c1O.O=C(O)CCCC[C@@H]1SC[C@@H]2[NH2+]C(=O)C[C@@H]21.[NH3+][C@H]1C(O)O[C@H](CO)[C@@H](O)[C@@H]1O. The molecule has 3 fully saturated rings. The minimum atomic E-state index is -1.24. The van der Waals surface area contributed by atoms with E-state index in [9.17, 15) is 24.9 Å². The van der Waals surface area contributed by atoms with Crippen LogP contribution < -0.4 is 16.0 Å². The van der Waals surface area contributed by atoms with Gasteiger partial charge in [0, 0.05) is 35.8 Å². The molecule has 1 aromatic rings. The first kappa shape index (κ1) is 34.3. The molecule has 0 aromatic carbocycles. The number of ether oxygens (including phenoxy) is 1. The van der Waals surface area contributed by atoms with E-state index in [0.717, 1.165) is 31.4 Å². The number of aryl methyl sites for hydroxylation is 1. The Balaban J connectivity index is 0.000000214. The number of aromatic amines is 1. The van der Waals surface area contributed by atoms with Crippen molar-refractivity contribution in [2.75, 3.05) is 12.4 Å². The molecule has 0 radical (unpaired) electrons. The van der Waals surface area contributed by atoms with Crippen molar-refractivity contribution >= 4 is 23.6 Å². The van der Waals surface area contributed by atoms with Gasteiger partial charge in [0.1, 0.15) is 24.4 Å². The fourth-order valence-electron chi connectivity index (χ4n) is 4.87. The van der Waals surface area contributed by atoms with E-state index in [2.05, 4.69) is 10.7 Å². The number of aromatic hydroxyl groups is 1. The number of unbranched alkanes of at least 4 members (excludes halogenated alkanes) is 1. The molecule has 0 bridgehead atoms. The second kappa shape index (κ2) is 16.5. The number of fused-ring (bicyclic) bond motifs is 1. The van der Waals surface area contributed by atoms with E-state index >= 15 is 0 Å². The number of aliphatic hydroxyl groups is 6. The Morgan fingerprint density at radius 2 is 1.88 bits per heavy atom. The van der Waals surface area contributed by atoms with Crippen molar-refractivity contribution in [3.05, 3.63) is 23.0 Å². The summed E-state index contributed by atoms with van der Waals surface area (Å²) >= 11 is 1.96. The molecule has 1 aromatic heterocycles. The number of nitrogens with two attached hydrogens (primary N) is 1. The second-order valence-electron chi connectivity index (χ2n) is 10.2. The van der Waals surface area contributed by atoms with E-state index in [1.807, 2.05) is 17.1 Å². The number of hydrogen-bond donors (Lipinski definition) is 10. The number of H-pyrrole nitrogens is 1. The second-order valence-corrected chi connectivity index (χ2v) is 11.4. The van der Waals surface area contributed by atoms with Gasteiger partial charge in [-0.2, -0.15) is 11.8 Å². The van der Waals surface area contributed by atoms with Gasteiger partial charge < -0.3 is 51.3 Å². The Morgan fingerprint density at radius 3 is 2.48 bits per heavy atom. The highest BCUT2D eigenvalue weighted by atomic mass is 32.2. The van der Waals surface area contributed by atoms with E-state index in [-0.39, 0.29) is 25.4 Å². The first-order valence-corrected chi connectivity index (χ1v) is 14.3. The molecule has 3 saturated heterocycles. The maximum atomic E-state index is 11.3. The summed E-state index contributed by atoms with van der Waals surface area (Å²) in [5.41, 5.74) is 4.89. The quantitative estimate of drug-likeness (QED) is 0.128. The standard InChI is InChI=1S/C11H17NO3S.C8H11NO3.C6H13NO5/c13-10-5-7-8(12-10)6-16-9(7)3-1-2-4-11(14)15;1-5-8(12)7(4-11)6(3-10)2-9-5;7-3-5(10)4(9)2(1-8)12-6(3)11/h7-9H,1-6H2,(H,12,13)(H,14,15);2,10-12H,3-4H2,1H3;2-6,8-11H,1,7H2/p+3/t7-,8-,9-;;2-,3-,4-,5-,6?/m0.1/s1. The maximum absolute atomic E-state index is 11.3. The number of rotatable bonds is 8. The zero-order valence-electron chi connectivity index (χ0n) is 22.6. The van der Waals surface area contributed by atoms with Gasteiger partial charge in [0.05, 0.1) is 31.8 Å². The number of aliphatic hydroxyl groups excluding tert-OH is 6. The zero-order valence-corrected chi connectivity index (χ0v) is 23.4. The topological polar surface area (TPSA) is 264 Å². The van der Waals surface area contributed by atoms with Crippen LogP contribution in [0.4, 0.5) is 0 Å². The van der Waals surface area contributed by atoms with Crippen LogP contribution in [0.3, 0.4) is 0 Å². The van der Waals surface area contributed by atoms with Crippen LogP contribution in [0.1, 0.15) is 48.9 Å². The van der Waals surface area contributed by atoms with Crippen molar-refractivity contribution in [1.29, 1.82) is 0 Å². The average molecular weight is 595 g/mol. The van der Waals surface area contributed by atoms with E-state index in [4.69, 9.17) is 30.3 Å². The highest BCUT2D eigenvalue weighted by Crippen LogP contribution is 2.38. The van der Waals surface area contributed by atoms with Gasteiger partial charge in [-0.05, 0) is 12.8 Å². The van der Waals surface area contributed by atoms with Crippen LogP contribution in [-0.2, 0) is 27.5 Å². The Bertz CT molecular complexity index is 967. The number of quaternary nitrogens is 2. The zero-order chi connectivity index (χ0) is 30.0. The molecule has 0 spiro atoms. The third-order valence-electron chi connectivity index (χ3n) is 7.35. The summed E-state index contributed by atoms with van der Waals surface area (Å²) < 4.78 is 4.76. The normalized spacial score (nSPS) is 31.1. The molecule has 14 nitrogen and oxygen atoms in total. The minimum absolute atomic E-state index is 0.0176. The van der Waals surface area contributed by atoms with Gasteiger partial charge in [-0.15, -0.1) is 0 Å². The molecular weight excluding hydrogens is 550 g/mol. The van der Waals surface area contributed by atoms with Gasteiger partial charge in [0.15, 0.2) is 18.0 Å². The highest BCUT2D eigenvalue weighted by molar-refractivity contribution is 8.00. The predicted octanol–water partition coefficient (Wildman–Crippen LogP) is -4.25. The van der Waals surface area contributed by atoms with E-state index in [1.165, 1.54) is 0 Å². The van der Waals surface area contributed by atoms with Crippen molar-refractivity contribution in [2.24, 2.45) is 5.92 Å². The fraction of sp³-hybridized carbons (Fsp3) is 0.720. The molecule has 4 rings (SSSR count). The molecule has 15 heteroatoms. The average Bonchev–Trinajstić information content (AvgIpc) is 3.48. The smallest absolute Gasteiger partial charge is 0.311 e. The summed E-state index contributed by atoms with van der Waals surface area (Å²) in [6.07, 6.45) is 0.849. The predicted molar refractivity (Wildman–Crippen MR) is 139 cm³/mol. The Morgan fingerprint density at radius 1 is 1.18 bits per heavy atom. The number of carboxylic acids is 1. The van der Waals surface area contributed by atoms with Crippen molar-refractivity contribution < 1.29 is 71.2 Å². The van der Waals surface area contributed by atoms with Crippen LogP contribution >= 0.6 is 11.8 Å². The molecule has 40 heavy (non-hydrogen) atoms. The molecule has 1 unspecified atom stereocenters. The van der Waals surface area contributed by atoms with E-state index < -0.39 is 43.2 Å². The maximum Gasteiger partial charge on any atom is 0.311 e. The molecule has 0 aliphatic carbocycles. The van der Waals surface area contributed by atoms with Crippen LogP contribution in [0.5, 0.6) is 5.75 Å². The van der Waals surface area contributed by atoms with Crippen LogP contribution in [-0.4, -0.2) is 107 Å². The molecule has 14 N–H and O–H groups in total. The first-order chi connectivity index (χ1) is 18.9. The lowest BCUT2D eigenvalue weighted by atomic mass is 9.94. The number of pyridine rings is 1. The number of aliphatic carboxylic acids is 1. The lowest BCUT2D eigenvalue weighted by Crippen LogP contribution is -2.90. The summed E-state index contributed by atoms with van der Waals surface area (Å²) in [6, 6.07) is -0.287. The van der Waals surface area contributed by atoms with Gasteiger partial charge >= 0.3 is 11.9 Å². The Labute approximate surface area is 236 Å². The van der Waals surface area contributed by atoms with Gasteiger partial charge in [-0.3, -0.25) is 10.1 Å². The van der Waals surface area contributed by atoms with Crippen LogP contribution in [0.25, 0.3) is 0 Å². The number of carbonyl (C=O) groups is 2. The minimum Gasteiger partial charge on any atom is -0.502 e. The molecule has 3 aliphatic heterocycles. The number of primary amides is 1. The van der Waals surface area contributed by atoms with Crippen LogP contribution in [0.15, 0.2) is 6.20 Å². The lowest BCUT2D eigenvalue weighted by molar-refractivity contribution is -0.590. The Hall–Kier alpha value is -1.92. The van der Waals surface area contributed by atoms with E-state index in [1.54, 1.807) is 13.1 Å². The van der Waals surface area contributed by atoms with Crippen molar-refractivity contribution in [2.45, 2.75) is 94.2 Å². The summed E-state index contributed by atoms with van der Waals surface area (Å²) in [4.78, 5) is 24.4. The molecule has 1 amide bonds. The van der Waals surface area contributed by atoms with Crippen molar-refractivity contribution in [1.82, 2.24) is 0 Å². The molecule has 0 saturated carbocycles. The fourth-order valence-corrected chi connectivity index (χ4v) is 6.56. The number of thioether (sulfide) groups is 1. The monoisotopic (exact) mass is 594 g/mol. The summed E-state index contributed by atoms with van der Waals surface area (Å²) in [7, 11) is 0. The Kier molecular flexibility index (Phi) is 14.1. The van der Waals surface area contributed by atoms with Gasteiger partial charge in [-0.1, -0.05) is 6.42 Å². The molecule has 8 atom stereocenters. The van der Waals surface area contributed by atoms with Gasteiger partial charge in [0.25, 0.3) is 0 Å². The summed E-state index contributed by atoms with van der Waals surface area (Å²) in [5.74, 6) is 1.25.